The van der Waals surface area contributed by atoms with Gasteiger partial charge in [-0.05, 0) is 54.9 Å². The maximum Gasteiger partial charge on any atom is 0.306 e. The van der Waals surface area contributed by atoms with E-state index in [-0.39, 0.29) is 24.1 Å². The first-order chi connectivity index (χ1) is 10.9. The van der Waals surface area contributed by atoms with E-state index in [4.69, 9.17) is 4.74 Å². The molecule has 0 saturated carbocycles. The first-order valence-corrected chi connectivity index (χ1v) is 9.21. The summed E-state index contributed by atoms with van der Waals surface area (Å²) in [4.78, 5) is 11.6. The van der Waals surface area contributed by atoms with Crippen molar-refractivity contribution in [2.45, 2.75) is 65.1 Å². The van der Waals surface area contributed by atoms with E-state index in [2.05, 4.69) is 39.0 Å². The lowest BCUT2D eigenvalue weighted by Gasteiger charge is -2.42. The standard InChI is InChI=1S/C20H30O3/c1-12-8-15-5-4-14(3)17(20(15)18(21)10-12)7-6-16-9-13(2)11-19(22)23-16/h4-5,8,12-14,16-18,20-21H,6-7,9-11H2,1-3H3/t12-,13+,14-,16+,17-,18-,20-/m0/s1. The van der Waals surface area contributed by atoms with Gasteiger partial charge in [-0.1, -0.05) is 39.0 Å². The van der Waals surface area contributed by atoms with E-state index >= 15 is 0 Å². The average Bonchev–Trinajstić information content (AvgIpc) is 2.45. The van der Waals surface area contributed by atoms with Crippen LogP contribution in [0, 0.1) is 29.6 Å². The Balaban J connectivity index is 1.67. The highest BCUT2D eigenvalue weighted by Crippen LogP contribution is 2.44. The molecule has 1 saturated heterocycles. The van der Waals surface area contributed by atoms with Crippen molar-refractivity contribution in [2.24, 2.45) is 29.6 Å². The third kappa shape index (κ3) is 3.71. The van der Waals surface area contributed by atoms with E-state index in [0.717, 1.165) is 25.7 Å². The van der Waals surface area contributed by atoms with Gasteiger partial charge in [0.1, 0.15) is 6.10 Å². The highest BCUT2D eigenvalue weighted by atomic mass is 16.5. The number of esters is 1. The molecule has 1 fully saturated rings. The number of cyclic esters (lactones) is 1. The molecular formula is C20H30O3. The topological polar surface area (TPSA) is 46.5 Å². The second-order valence-electron chi connectivity index (χ2n) is 8.09. The molecule has 0 aromatic rings. The summed E-state index contributed by atoms with van der Waals surface area (Å²) < 4.78 is 5.53. The lowest BCUT2D eigenvalue weighted by atomic mass is 9.65. The number of fused-ring (bicyclic) bond motifs is 1. The third-order valence-electron chi connectivity index (χ3n) is 5.92. The van der Waals surface area contributed by atoms with Gasteiger partial charge in [-0.15, -0.1) is 0 Å². The second-order valence-corrected chi connectivity index (χ2v) is 8.09. The van der Waals surface area contributed by atoms with Crippen LogP contribution in [0.2, 0.25) is 0 Å². The Kier molecular flexibility index (Phi) is 4.96. The van der Waals surface area contributed by atoms with Crippen LogP contribution in [0.4, 0.5) is 0 Å². The minimum Gasteiger partial charge on any atom is -0.462 e. The number of rotatable bonds is 3. The molecule has 0 bridgehead atoms. The molecule has 3 nitrogen and oxygen atoms in total. The molecule has 1 N–H and O–H groups in total. The van der Waals surface area contributed by atoms with Crippen LogP contribution in [-0.2, 0) is 9.53 Å². The predicted octanol–water partition coefficient (Wildman–Crippen LogP) is 3.87. The Labute approximate surface area is 139 Å². The van der Waals surface area contributed by atoms with Crippen LogP contribution >= 0.6 is 0 Å². The molecule has 7 atom stereocenters. The molecule has 23 heavy (non-hydrogen) atoms. The molecule has 0 aromatic heterocycles. The third-order valence-corrected chi connectivity index (χ3v) is 5.92. The number of carbonyl (C=O) groups is 1. The quantitative estimate of drug-likeness (QED) is 0.803. The van der Waals surface area contributed by atoms with Crippen LogP contribution in [0.25, 0.3) is 0 Å². The van der Waals surface area contributed by atoms with E-state index in [9.17, 15) is 9.90 Å². The fourth-order valence-corrected chi connectivity index (χ4v) is 4.79. The Morgan fingerprint density at radius 3 is 2.74 bits per heavy atom. The summed E-state index contributed by atoms with van der Waals surface area (Å²) in [7, 11) is 0. The SMILES string of the molecule is C[C@H]1CC(=O)O[C@H](CC[C@@H]2[C@@H]3C(=C[C@H](C)C[C@@H]3O)C=C[C@@H]2C)C1. The number of ether oxygens (including phenoxy) is 1. The van der Waals surface area contributed by atoms with Crippen molar-refractivity contribution in [2.75, 3.05) is 0 Å². The molecule has 128 valence electrons. The summed E-state index contributed by atoms with van der Waals surface area (Å²) in [5.74, 6) is 2.01. The van der Waals surface area contributed by atoms with Crippen LogP contribution < -0.4 is 0 Å². The number of allylic oxidation sites excluding steroid dienone is 3. The second kappa shape index (κ2) is 6.80. The van der Waals surface area contributed by atoms with Gasteiger partial charge in [0.15, 0.2) is 0 Å². The molecular weight excluding hydrogens is 288 g/mol. The van der Waals surface area contributed by atoms with Gasteiger partial charge in [-0.3, -0.25) is 4.79 Å². The van der Waals surface area contributed by atoms with E-state index < -0.39 is 0 Å². The zero-order valence-corrected chi connectivity index (χ0v) is 14.6. The van der Waals surface area contributed by atoms with Crippen LogP contribution in [0.3, 0.4) is 0 Å². The molecule has 0 amide bonds. The van der Waals surface area contributed by atoms with Crippen molar-refractivity contribution in [1.29, 1.82) is 0 Å². The van der Waals surface area contributed by atoms with Crippen molar-refractivity contribution in [3.63, 3.8) is 0 Å². The van der Waals surface area contributed by atoms with Gasteiger partial charge in [-0.25, -0.2) is 0 Å². The molecule has 3 aliphatic rings. The van der Waals surface area contributed by atoms with E-state index in [1.54, 1.807) is 0 Å². The molecule has 0 unspecified atom stereocenters. The highest BCUT2D eigenvalue weighted by molar-refractivity contribution is 5.70. The van der Waals surface area contributed by atoms with Crippen molar-refractivity contribution in [3.8, 4) is 0 Å². The zero-order valence-electron chi connectivity index (χ0n) is 14.6. The summed E-state index contributed by atoms with van der Waals surface area (Å²) in [6.07, 6.45) is 11.0. The lowest BCUT2D eigenvalue weighted by molar-refractivity contribution is -0.157. The monoisotopic (exact) mass is 318 g/mol. The Bertz CT molecular complexity index is 507. The van der Waals surface area contributed by atoms with Crippen LogP contribution in [0.5, 0.6) is 0 Å². The largest absolute Gasteiger partial charge is 0.462 e. The van der Waals surface area contributed by atoms with Crippen molar-refractivity contribution < 1.29 is 14.6 Å². The van der Waals surface area contributed by atoms with Gasteiger partial charge in [-0.2, -0.15) is 0 Å². The van der Waals surface area contributed by atoms with Crippen LogP contribution in [-0.4, -0.2) is 23.3 Å². The van der Waals surface area contributed by atoms with Crippen LogP contribution in [0.1, 0.15) is 52.9 Å². The number of hydrogen-bond acceptors (Lipinski definition) is 3. The van der Waals surface area contributed by atoms with Gasteiger partial charge >= 0.3 is 5.97 Å². The van der Waals surface area contributed by atoms with Gasteiger partial charge in [0.05, 0.1) is 6.10 Å². The predicted molar refractivity (Wildman–Crippen MR) is 90.7 cm³/mol. The summed E-state index contributed by atoms with van der Waals surface area (Å²) >= 11 is 0. The summed E-state index contributed by atoms with van der Waals surface area (Å²) in [5, 5.41) is 10.6. The molecule has 0 radical (unpaired) electrons. The highest BCUT2D eigenvalue weighted by Gasteiger charge is 2.39. The molecule has 2 aliphatic carbocycles. The normalized spacial score (nSPS) is 43.6. The van der Waals surface area contributed by atoms with Gasteiger partial charge < -0.3 is 9.84 Å². The van der Waals surface area contributed by atoms with Crippen molar-refractivity contribution in [1.82, 2.24) is 0 Å². The Morgan fingerprint density at radius 1 is 1.22 bits per heavy atom. The average molecular weight is 318 g/mol. The van der Waals surface area contributed by atoms with Gasteiger partial charge in [0, 0.05) is 12.3 Å². The summed E-state index contributed by atoms with van der Waals surface area (Å²) in [6.45, 7) is 6.56. The molecule has 0 aromatic carbocycles. The first kappa shape index (κ1) is 16.8. The Hall–Kier alpha value is -1.09. The van der Waals surface area contributed by atoms with Crippen LogP contribution in [0.15, 0.2) is 23.8 Å². The maximum atomic E-state index is 11.6. The molecule has 3 heteroatoms. The molecule has 0 spiro atoms. The summed E-state index contributed by atoms with van der Waals surface area (Å²) in [5.41, 5.74) is 1.31. The van der Waals surface area contributed by atoms with E-state index in [0.29, 0.717) is 30.1 Å². The lowest BCUT2D eigenvalue weighted by Crippen LogP contribution is -2.39. The van der Waals surface area contributed by atoms with Crippen molar-refractivity contribution >= 4 is 5.97 Å². The smallest absolute Gasteiger partial charge is 0.306 e. The molecule has 3 rings (SSSR count). The number of aliphatic hydroxyl groups is 1. The van der Waals surface area contributed by atoms with E-state index in [1.165, 1.54) is 5.57 Å². The molecule has 1 heterocycles. The summed E-state index contributed by atoms with van der Waals surface area (Å²) in [6, 6.07) is 0. The molecule has 1 aliphatic heterocycles. The first-order valence-electron chi connectivity index (χ1n) is 9.21. The fourth-order valence-electron chi connectivity index (χ4n) is 4.79. The fraction of sp³-hybridized carbons (Fsp3) is 0.750. The number of hydrogen-bond donors (Lipinski definition) is 1. The number of carbonyl (C=O) groups excluding carboxylic acids is 1. The van der Waals surface area contributed by atoms with Gasteiger partial charge in [0.2, 0.25) is 0 Å². The Morgan fingerprint density at radius 2 is 2.00 bits per heavy atom. The minimum absolute atomic E-state index is 0.0440. The van der Waals surface area contributed by atoms with Gasteiger partial charge in [0.25, 0.3) is 0 Å². The zero-order chi connectivity index (χ0) is 16.6. The van der Waals surface area contributed by atoms with E-state index in [1.807, 2.05) is 0 Å². The number of aliphatic hydroxyl groups excluding tert-OH is 1. The van der Waals surface area contributed by atoms with Crippen molar-refractivity contribution in [3.05, 3.63) is 23.8 Å². The maximum absolute atomic E-state index is 11.6. The minimum atomic E-state index is -0.241.